The first-order chi connectivity index (χ1) is 12.3. The van der Waals surface area contributed by atoms with Crippen LogP contribution < -0.4 is 5.32 Å². The number of rotatable bonds is 6. The largest absolute Gasteiger partial charge is 0.452 e. The van der Waals surface area contributed by atoms with Crippen molar-refractivity contribution in [2.45, 2.75) is 0 Å². The van der Waals surface area contributed by atoms with Gasteiger partial charge in [-0.2, -0.15) is 0 Å². The normalized spacial score (nSPS) is 10.5. The number of halogens is 2. The van der Waals surface area contributed by atoms with Gasteiger partial charge in [0, 0.05) is 24.4 Å². The van der Waals surface area contributed by atoms with Gasteiger partial charge in [-0.1, -0.05) is 35.3 Å². The first-order valence-corrected chi connectivity index (χ1v) is 7.81. The lowest BCUT2D eigenvalue weighted by molar-refractivity contribution is -0.384. The van der Waals surface area contributed by atoms with E-state index in [0.717, 1.165) is 6.08 Å². The molecule has 0 saturated heterocycles. The number of hydrogen-bond acceptors (Lipinski definition) is 6. The van der Waals surface area contributed by atoms with E-state index in [4.69, 9.17) is 27.9 Å². The van der Waals surface area contributed by atoms with Crippen LogP contribution in [0.25, 0.3) is 6.08 Å². The second-order valence-corrected chi connectivity index (χ2v) is 5.67. The molecule has 0 spiro atoms. The van der Waals surface area contributed by atoms with Crippen LogP contribution in [0.15, 0.2) is 42.6 Å². The van der Waals surface area contributed by atoms with E-state index in [2.05, 4.69) is 10.3 Å². The number of aromatic nitrogens is 1. The summed E-state index contributed by atoms with van der Waals surface area (Å²) in [5.74, 6) is -1.34. The molecule has 0 aliphatic rings. The maximum atomic E-state index is 11.7. The summed E-state index contributed by atoms with van der Waals surface area (Å²) in [6, 6.07) is 7.09. The average Bonchev–Trinajstić information content (AvgIpc) is 2.61. The van der Waals surface area contributed by atoms with Crippen LogP contribution in [-0.2, 0) is 14.3 Å². The Balaban J connectivity index is 1.87. The standard InChI is InChI=1S/C16H11Cl2N3O5/c17-11-7-13(18)16(19-8-11)20-14(22)9-26-15(23)5-4-10-2-1-3-12(6-10)21(24)25/h1-8H,9H2,(H,19,20,22)/b5-4+. The molecule has 1 aromatic heterocycles. The van der Waals surface area contributed by atoms with Crippen molar-refractivity contribution < 1.29 is 19.2 Å². The molecule has 1 N–H and O–H groups in total. The van der Waals surface area contributed by atoms with Gasteiger partial charge in [0.25, 0.3) is 11.6 Å². The van der Waals surface area contributed by atoms with Crippen LogP contribution in [0.4, 0.5) is 11.5 Å². The Kier molecular flexibility index (Phi) is 6.65. The first-order valence-electron chi connectivity index (χ1n) is 7.05. The van der Waals surface area contributed by atoms with Crippen molar-refractivity contribution in [3.63, 3.8) is 0 Å². The maximum absolute atomic E-state index is 11.7. The summed E-state index contributed by atoms with van der Waals surface area (Å²) in [7, 11) is 0. The molecular formula is C16H11Cl2N3O5. The highest BCUT2D eigenvalue weighted by Gasteiger charge is 2.10. The summed E-state index contributed by atoms with van der Waals surface area (Å²) in [6.07, 6.45) is 3.70. The molecule has 1 amide bonds. The van der Waals surface area contributed by atoms with Gasteiger partial charge in [0.15, 0.2) is 12.4 Å². The molecule has 0 fully saturated rings. The van der Waals surface area contributed by atoms with Gasteiger partial charge in [-0.25, -0.2) is 9.78 Å². The van der Waals surface area contributed by atoms with Crippen molar-refractivity contribution in [1.29, 1.82) is 0 Å². The van der Waals surface area contributed by atoms with E-state index < -0.39 is 23.4 Å². The predicted octanol–water partition coefficient (Wildman–Crippen LogP) is 3.49. The van der Waals surface area contributed by atoms with Gasteiger partial charge < -0.3 is 10.1 Å². The van der Waals surface area contributed by atoms with E-state index in [9.17, 15) is 19.7 Å². The van der Waals surface area contributed by atoms with E-state index in [-0.39, 0.29) is 16.5 Å². The number of esters is 1. The van der Waals surface area contributed by atoms with Crippen LogP contribution >= 0.6 is 23.2 Å². The molecule has 0 bridgehead atoms. The zero-order valence-electron chi connectivity index (χ0n) is 13.0. The van der Waals surface area contributed by atoms with Gasteiger partial charge in [0.2, 0.25) is 0 Å². The van der Waals surface area contributed by atoms with Crippen molar-refractivity contribution in [3.8, 4) is 0 Å². The van der Waals surface area contributed by atoms with E-state index in [1.165, 1.54) is 36.5 Å². The average molecular weight is 396 g/mol. The highest BCUT2D eigenvalue weighted by Crippen LogP contribution is 2.22. The third kappa shape index (κ3) is 5.83. The third-order valence-electron chi connectivity index (χ3n) is 2.90. The van der Waals surface area contributed by atoms with E-state index in [1.807, 2.05) is 0 Å². The zero-order valence-corrected chi connectivity index (χ0v) is 14.5. The van der Waals surface area contributed by atoms with Crippen LogP contribution in [-0.4, -0.2) is 28.4 Å². The minimum Gasteiger partial charge on any atom is -0.452 e. The molecule has 0 radical (unpaired) electrons. The Labute approximate surface area is 157 Å². The van der Waals surface area contributed by atoms with Crippen molar-refractivity contribution in [1.82, 2.24) is 4.98 Å². The molecule has 2 aromatic rings. The molecular weight excluding hydrogens is 385 g/mol. The molecule has 26 heavy (non-hydrogen) atoms. The monoisotopic (exact) mass is 395 g/mol. The smallest absolute Gasteiger partial charge is 0.331 e. The third-order valence-corrected chi connectivity index (χ3v) is 3.40. The number of ether oxygens (including phenoxy) is 1. The number of nitrogens with zero attached hydrogens (tertiary/aromatic N) is 2. The lowest BCUT2D eigenvalue weighted by Gasteiger charge is -2.06. The van der Waals surface area contributed by atoms with Gasteiger partial charge in [0.1, 0.15) is 0 Å². The number of amides is 1. The fraction of sp³-hybridized carbons (Fsp3) is 0.0625. The Morgan fingerprint density at radius 1 is 1.31 bits per heavy atom. The van der Waals surface area contributed by atoms with Crippen molar-refractivity contribution in [3.05, 3.63) is 68.3 Å². The molecule has 134 valence electrons. The van der Waals surface area contributed by atoms with Gasteiger partial charge in [-0.3, -0.25) is 14.9 Å². The highest BCUT2D eigenvalue weighted by atomic mass is 35.5. The van der Waals surface area contributed by atoms with Crippen molar-refractivity contribution in [2.24, 2.45) is 0 Å². The van der Waals surface area contributed by atoms with Crippen molar-refractivity contribution in [2.75, 3.05) is 11.9 Å². The predicted molar refractivity (Wildman–Crippen MR) is 96.0 cm³/mol. The van der Waals surface area contributed by atoms with Gasteiger partial charge in [-0.15, -0.1) is 0 Å². The number of carbonyl (C=O) groups excluding carboxylic acids is 2. The number of anilines is 1. The highest BCUT2D eigenvalue weighted by molar-refractivity contribution is 6.36. The minimum atomic E-state index is -0.790. The SMILES string of the molecule is O=C(COC(=O)/C=C/c1cccc([N+](=O)[O-])c1)Nc1ncc(Cl)cc1Cl. The number of pyridine rings is 1. The van der Waals surface area contributed by atoms with E-state index >= 15 is 0 Å². The number of non-ortho nitro benzene ring substituents is 1. The number of hydrogen-bond donors (Lipinski definition) is 1. The summed E-state index contributed by atoms with van der Waals surface area (Å²) in [4.78, 5) is 37.3. The molecule has 0 atom stereocenters. The lowest BCUT2D eigenvalue weighted by atomic mass is 10.2. The van der Waals surface area contributed by atoms with Crippen LogP contribution in [0.1, 0.15) is 5.56 Å². The molecule has 0 unspecified atom stereocenters. The molecule has 2 rings (SSSR count). The molecule has 8 nitrogen and oxygen atoms in total. The number of benzene rings is 1. The minimum absolute atomic E-state index is 0.0873. The quantitative estimate of drug-likeness (QED) is 0.346. The Morgan fingerprint density at radius 2 is 2.08 bits per heavy atom. The number of nitrogens with one attached hydrogen (secondary N) is 1. The summed E-state index contributed by atoms with van der Waals surface area (Å²) >= 11 is 11.6. The van der Waals surface area contributed by atoms with Crippen LogP contribution in [0, 0.1) is 10.1 Å². The number of nitro benzene ring substituents is 1. The summed E-state index contributed by atoms with van der Waals surface area (Å²) in [5.41, 5.74) is 0.338. The Bertz CT molecular complexity index is 886. The first kappa shape index (κ1) is 19.4. The molecule has 0 aliphatic carbocycles. The van der Waals surface area contributed by atoms with Gasteiger partial charge in [0.05, 0.1) is 15.0 Å². The Hall–Kier alpha value is -2.97. The van der Waals surface area contributed by atoms with Crippen LogP contribution in [0.2, 0.25) is 10.0 Å². The zero-order chi connectivity index (χ0) is 19.1. The van der Waals surface area contributed by atoms with Crippen LogP contribution in [0.3, 0.4) is 0 Å². The number of carbonyl (C=O) groups is 2. The fourth-order valence-corrected chi connectivity index (χ4v) is 2.19. The lowest BCUT2D eigenvalue weighted by Crippen LogP contribution is -2.20. The number of nitro groups is 1. The van der Waals surface area contributed by atoms with Gasteiger partial charge in [-0.05, 0) is 17.7 Å². The second kappa shape index (κ2) is 8.93. The summed E-state index contributed by atoms with van der Waals surface area (Å²) < 4.78 is 4.77. The molecule has 0 aliphatic heterocycles. The molecule has 10 heteroatoms. The Morgan fingerprint density at radius 3 is 2.77 bits per heavy atom. The maximum Gasteiger partial charge on any atom is 0.331 e. The van der Waals surface area contributed by atoms with E-state index in [0.29, 0.717) is 10.6 Å². The fourth-order valence-electron chi connectivity index (χ4n) is 1.77. The van der Waals surface area contributed by atoms with E-state index in [1.54, 1.807) is 6.07 Å². The molecule has 0 saturated carbocycles. The summed E-state index contributed by atoms with van der Waals surface area (Å²) in [6.45, 7) is -0.557. The summed E-state index contributed by atoms with van der Waals surface area (Å²) in [5, 5.41) is 13.5. The van der Waals surface area contributed by atoms with Crippen LogP contribution in [0.5, 0.6) is 0 Å². The van der Waals surface area contributed by atoms with Crippen molar-refractivity contribution >= 4 is 52.7 Å². The topological polar surface area (TPSA) is 111 Å². The van der Waals surface area contributed by atoms with Gasteiger partial charge >= 0.3 is 5.97 Å². The second-order valence-electron chi connectivity index (χ2n) is 4.83. The molecule has 1 heterocycles. The molecule has 1 aromatic carbocycles.